The number of imidazole rings is 1. The fourth-order valence-corrected chi connectivity index (χ4v) is 2.66. The molecule has 0 aliphatic heterocycles. The van der Waals surface area contributed by atoms with Gasteiger partial charge in [0.05, 0.1) is 5.69 Å². The summed E-state index contributed by atoms with van der Waals surface area (Å²) in [6.45, 7) is 12.3. The number of rotatable bonds is 4. The Hall–Kier alpha value is -0.990. The third-order valence-corrected chi connectivity index (χ3v) is 4.62. The summed E-state index contributed by atoms with van der Waals surface area (Å²) in [6.07, 6.45) is 7.54. The van der Waals surface area contributed by atoms with Gasteiger partial charge in [0, 0.05) is 18.8 Å². The highest BCUT2D eigenvalue weighted by Crippen LogP contribution is 2.32. The Morgan fingerprint density at radius 2 is 2.00 bits per heavy atom. The van der Waals surface area contributed by atoms with Crippen molar-refractivity contribution in [1.29, 1.82) is 0 Å². The van der Waals surface area contributed by atoms with Crippen LogP contribution in [0.4, 0.5) is 5.95 Å². The second kappa shape index (κ2) is 5.56. The number of anilines is 1. The molecule has 0 bridgehead atoms. The molecule has 19 heavy (non-hydrogen) atoms. The smallest absolute Gasteiger partial charge is 0.203 e. The summed E-state index contributed by atoms with van der Waals surface area (Å²) in [4.78, 5) is 4.66. The SMILES string of the molecule is Cc1cn(C2CCCC2)c(NCC(C)C(C)(C)C)n1. The molecule has 1 aliphatic carbocycles. The minimum atomic E-state index is 0.340. The van der Waals surface area contributed by atoms with Crippen molar-refractivity contribution >= 4 is 5.95 Å². The lowest BCUT2D eigenvalue weighted by Crippen LogP contribution is -2.26. The average molecular weight is 263 g/mol. The highest BCUT2D eigenvalue weighted by molar-refractivity contribution is 5.30. The van der Waals surface area contributed by atoms with E-state index >= 15 is 0 Å². The first-order chi connectivity index (χ1) is 8.88. The Labute approximate surface area is 117 Å². The quantitative estimate of drug-likeness (QED) is 0.872. The van der Waals surface area contributed by atoms with Crippen molar-refractivity contribution < 1.29 is 0 Å². The minimum absolute atomic E-state index is 0.340. The molecule has 1 atom stereocenters. The van der Waals surface area contributed by atoms with Crippen molar-refractivity contribution in [2.45, 2.75) is 66.3 Å². The predicted molar refractivity (Wildman–Crippen MR) is 81.6 cm³/mol. The lowest BCUT2D eigenvalue weighted by atomic mass is 9.82. The van der Waals surface area contributed by atoms with E-state index in [4.69, 9.17) is 0 Å². The van der Waals surface area contributed by atoms with Crippen molar-refractivity contribution in [3.63, 3.8) is 0 Å². The molecule has 1 unspecified atom stereocenters. The van der Waals surface area contributed by atoms with Crippen LogP contribution in [0.15, 0.2) is 6.20 Å². The van der Waals surface area contributed by atoms with Gasteiger partial charge in [-0.05, 0) is 31.1 Å². The van der Waals surface area contributed by atoms with Crippen LogP contribution >= 0.6 is 0 Å². The van der Waals surface area contributed by atoms with Gasteiger partial charge in [0.25, 0.3) is 0 Å². The van der Waals surface area contributed by atoms with Crippen LogP contribution in [-0.2, 0) is 0 Å². The normalized spacial score (nSPS) is 18.8. The van der Waals surface area contributed by atoms with E-state index in [0.717, 1.165) is 18.2 Å². The van der Waals surface area contributed by atoms with Crippen LogP contribution in [0, 0.1) is 18.3 Å². The molecule has 0 aromatic carbocycles. The van der Waals surface area contributed by atoms with E-state index in [1.165, 1.54) is 25.7 Å². The third-order valence-electron chi connectivity index (χ3n) is 4.62. The number of hydrogen-bond donors (Lipinski definition) is 1. The van der Waals surface area contributed by atoms with Crippen LogP contribution in [-0.4, -0.2) is 16.1 Å². The monoisotopic (exact) mass is 263 g/mol. The molecular weight excluding hydrogens is 234 g/mol. The maximum Gasteiger partial charge on any atom is 0.203 e. The third kappa shape index (κ3) is 3.52. The Kier molecular flexibility index (Phi) is 4.22. The molecule has 1 fully saturated rings. The first-order valence-corrected chi connectivity index (χ1v) is 7.67. The highest BCUT2D eigenvalue weighted by atomic mass is 15.2. The first kappa shape index (κ1) is 14.4. The summed E-state index contributed by atoms with van der Waals surface area (Å²) >= 11 is 0. The lowest BCUT2D eigenvalue weighted by Gasteiger charge is -2.28. The molecule has 3 heteroatoms. The molecule has 108 valence electrons. The van der Waals surface area contributed by atoms with Gasteiger partial charge in [-0.3, -0.25) is 0 Å². The van der Waals surface area contributed by atoms with E-state index in [1.807, 2.05) is 0 Å². The maximum atomic E-state index is 4.66. The number of nitrogens with zero attached hydrogens (tertiary/aromatic N) is 2. The highest BCUT2D eigenvalue weighted by Gasteiger charge is 2.23. The standard InChI is InChI=1S/C16H29N3/c1-12(16(3,4)5)10-17-15-18-13(2)11-19(15)14-8-6-7-9-14/h11-12,14H,6-10H2,1-5H3,(H,17,18). The molecule has 1 aromatic heterocycles. The molecule has 1 N–H and O–H groups in total. The van der Waals surface area contributed by atoms with Gasteiger partial charge >= 0.3 is 0 Å². The van der Waals surface area contributed by atoms with Crippen LogP contribution in [0.25, 0.3) is 0 Å². The predicted octanol–water partition coefficient (Wildman–Crippen LogP) is 4.40. The van der Waals surface area contributed by atoms with Gasteiger partial charge in [-0.25, -0.2) is 4.98 Å². The van der Waals surface area contributed by atoms with E-state index in [0.29, 0.717) is 17.4 Å². The number of nitrogens with one attached hydrogen (secondary N) is 1. The number of aromatic nitrogens is 2. The second-order valence-corrected chi connectivity index (χ2v) is 7.20. The zero-order valence-electron chi connectivity index (χ0n) is 13.2. The van der Waals surface area contributed by atoms with Gasteiger partial charge < -0.3 is 9.88 Å². The van der Waals surface area contributed by atoms with E-state index < -0.39 is 0 Å². The van der Waals surface area contributed by atoms with Crippen LogP contribution < -0.4 is 5.32 Å². The molecular formula is C16H29N3. The van der Waals surface area contributed by atoms with Crippen LogP contribution in [0.5, 0.6) is 0 Å². The topological polar surface area (TPSA) is 29.9 Å². The van der Waals surface area contributed by atoms with Crippen molar-refractivity contribution in [2.75, 3.05) is 11.9 Å². The molecule has 3 nitrogen and oxygen atoms in total. The van der Waals surface area contributed by atoms with Gasteiger partial charge in [-0.1, -0.05) is 40.5 Å². The lowest BCUT2D eigenvalue weighted by molar-refractivity contribution is 0.274. The van der Waals surface area contributed by atoms with Crippen LogP contribution in [0.1, 0.15) is 65.1 Å². The van der Waals surface area contributed by atoms with Crippen molar-refractivity contribution in [2.24, 2.45) is 11.3 Å². The van der Waals surface area contributed by atoms with Crippen molar-refractivity contribution in [3.05, 3.63) is 11.9 Å². The van der Waals surface area contributed by atoms with E-state index in [1.54, 1.807) is 0 Å². The summed E-state index contributed by atoms with van der Waals surface area (Å²) < 4.78 is 2.37. The van der Waals surface area contributed by atoms with E-state index in [9.17, 15) is 0 Å². The Balaban J connectivity index is 2.03. The van der Waals surface area contributed by atoms with Gasteiger partial charge in [0.1, 0.15) is 0 Å². The summed E-state index contributed by atoms with van der Waals surface area (Å²) in [5.41, 5.74) is 1.46. The average Bonchev–Trinajstić information content (AvgIpc) is 2.92. The molecule has 1 aliphatic rings. The molecule has 0 radical (unpaired) electrons. The van der Waals surface area contributed by atoms with Gasteiger partial charge in [-0.2, -0.15) is 0 Å². The first-order valence-electron chi connectivity index (χ1n) is 7.67. The van der Waals surface area contributed by atoms with Gasteiger partial charge in [-0.15, -0.1) is 0 Å². The molecule has 1 saturated carbocycles. The number of aryl methyl sites for hydroxylation is 1. The van der Waals surface area contributed by atoms with Gasteiger partial charge in [0.2, 0.25) is 5.95 Å². The van der Waals surface area contributed by atoms with Crippen LogP contribution in [0.2, 0.25) is 0 Å². The maximum absolute atomic E-state index is 4.66. The second-order valence-electron chi connectivity index (χ2n) is 7.20. The zero-order chi connectivity index (χ0) is 14.0. The van der Waals surface area contributed by atoms with Gasteiger partial charge in [0.15, 0.2) is 0 Å². The van der Waals surface area contributed by atoms with Crippen molar-refractivity contribution in [1.82, 2.24) is 9.55 Å². The van der Waals surface area contributed by atoms with E-state index in [2.05, 4.69) is 55.7 Å². The number of hydrogen-bond acceptors (Lipinski definition) is 2. The molecule has 0 spiro atoms. The summed E-state index contributed by atoms with van der Waals surface area (Å²) in [6, 6.07) is 0.661. The fourth-order valence-electron chi connectivity index (χ4n) is 2.66. The molecule has 1 heterocycles. The molecule has 0 saturated heterocycles. The molecule has 2 rings (SSSR count). The Morgan fingerprint density at radius 3 is 2.58 bits per heavy atom. The van der Waals surface area contributed by atoms with Crippen LogP contribution in [0.3, 0.4) is 0 Å². The summed E-state index contributed by atoms with van der Waals surface area (Å²) in [5.74, 6) is 1.70. The molecule has 1 aromatic rings. The Bertz CT molecular complexity index is 408. The largest absolute Gasteiger partial charge is 0.355 e. The summed E-state index contributed by atoms with van der Waals surface area (Å²) in [5, 5.41) is 3.57. The molecule has 0 amide bonds. The van der Waals surface area contributed by atoms with Crippen molar-refractivity contribution in [3.8, 4) is 0 Å². The minimum Gasteiger partial charge on any atom is -0.355 e. The Morgan fingerprint density at radius 1 is 1.37 bits per heavy atom. The van der Waals surface area contributed by atoms with E-state index in [-0.39, 0.29) is 0 Å². The zero-order valence-corrected chi connectivity index (χ0v) is 13.2. The summed E-state index contributed by atoms with van der Waals surface area (Å²) in [7, 11) is 0. The fraction of sp³-hybridized carbons (Fsp3) is 0.812.